The maximum absolute atomic E-state index is 12.1. The lowest BCUT2D eigenvalue weighted by Crippen LogP contribution is -2.41. The van der Waals surface area contributed by atoms with Crippen LogP contribution in [-0.4, -0.2) is 27.9 Å². The molecule has 5 nitrogen and oxygen atoms in total. The van der Waals surface area contributed by atoms with Crippen LogP contribution in [0.3, 0.4) is 0 Å². The number of rotatable bonds is 2. The van der Waals surface area contributed by atoms with Crippen LogP contribution in [0.1, 0.15) is 28.9 Å². The van der Waals surface area contributed by atoms with E-state index < -0.39 is 24.0 Å². The van der Waals surface area contributed by atoms with Gasteiger partial charge in [0.1, 0.15) is 12.1 Å². The zero-order valence-corrected chi connectivity index (χ0v) is 10.2. The Morgan fingerprint density at radius 3 is 2.83 bits per heavy atom. The summed E-state index contributed by atoms with van der Waals surface area (Å²) < 4.78 is 0. The van der Waals surface area contributed by atoms with Gasteiger partial charge in [-0.05, 0) is 25.1 Å². The summed E-state index contributed by atoms with van der Waals surface area (Å²) >= 11 is 5.83. The Hall–Kier alpha value is -2.06. The number of halogens is 1. The first kappa shape index (κ1) is 12.4. The second-order valence-electron chi connectivity index (χ2n) is 3.99. The zero-order chi connectivity index (χ0) is 13.4. The Labute approximate surface area is 108 Å². The molecular formula is C12H9ClN2O3. The SMILES string of the molecule is CC(C(=O)O)N1C(=O)c2ccc(Cl)cc2C1C#N. The van der Waals surface area contributed by atoms with Gasteiger partial charge in [0, 0.05) is 16.1 Å². The van der Waals surface area contributed by atoms with Crippen LogP contribution in [0, 0.1) is 11.3 Å². The van der Waals surface area contributed by atoms with Gasteiger partial charge in [0.2, 0.25) is 0 Å². The summed E-state index contributed by atoms with van der Waals surface area (Å²) in [5.74, 6) is -1.61. The Balaban J connectivity index is 2.53. The molecule has 0 aliphatic carbocycles. The number of carboxylic acid groups (broad SMARTS) is 1. The van der Waals surface area contributed by atoms with Gasteiger partial charge in [-0.15, -0.1) is 0 Å². The van der Waals surface area contributed by atoms with Gasteiger partial charge in [-0.25, -0.2) is 4.79 Å². The van der Waals surface area contributed by atoms with Crippen molar-refractivity contribution in [3.05, 3.63) is 34.3 Å². The number of carbonyl (C=O) groups excluding carboxylic acids is 1. The van der Waals surface area contributed by atoms with E-state index >= 15 is 0 Å². The first-order valence-electron chi connectivity index (χ1n) is 5.22. The van der Waals surface area contributed by atoms with Crippen LogP contribution < -0.4 is 0 Å². The molecule has 1 aromatic rings. The maximum Gasteiger partial charge on any atom is 0.326 e. The summed E-state index contributed by atoms with van der Waals surface area (Å²) in [6.07, 6.45) is 0. The van der Waals surface area contributed by atoms with Gasteiger partial charge in [-0.2, -0.15) is 5.26 Å². The summed E-state index contributed by atoms with van der Waals surface area (Å²) in [5.41, 5.74) is 0.794. The van der Waals surface area contributed by atoms with E-state index in [1.54, 1.807) is 6.07 Å². The monoisotopic (exact) mass is 264 g/mol. The minimum atomic E-state index is -1.15. The van der Waals surface area contributed by atoms with Gasteiger partial charge in [0.05, 0.1) is 6.07 Å². The molecule has 0 saturated carbocycles. The van der Waals surface area contributed by atoms with Crippen molar-refractivity contribution >= 4 is 23.5 Å². The average molecular weight is 265 g/mol. The molecule has 0 aromatic heterocycles. The molecule has 0 bridgehead atoms. The van der Waals surface area contributed by atoms with Crippen molar-refractivity contribution in [1.29, 1.82) is 5.26 Å². The predicted octanol–water partition coefficient (Wildman–Crippen LogP) is 1.83. The van der Waals surface area contributed by atoms with Crippen molar-refractivity contribution in [2.75, 3.05) is 0 Å². The molecular weight excluding hydrogens is 256 g/mol. The minimum Gasteiger partial charge on any atom is -0.480 e. The normalized spacial score (nSPS) is 19.3. The summed E-state index contributed by atoms with van der Waals surface area (Å²) in [7, 11) is 0. The van der Waals surface area contributed by atoms with Gasteiger partial charge in [-0.3, -0.25) is 4.79 Å². The predicted molar refractivity (Wildman–Crippen MR) is 63.1 cm³/mol. The number of hydrogen-bond acceptors (Lipinski definition) is 3. The van der Waals surface area contributed by atoms with E-state index in [2.05, 4.69) is 0 Å². The molecule has 1 aromatic carbocycles. The zero-order valence-electron chi connectivity index (χ0n) is 9.42. The first-order valence-corrected chi connectivity index (χ1v) is 5.59. The Bertz CT molecular complexity index is 579. The highest BCUT2D eigenvalue weighted by Crippen LogP contribution is 2.36. The number of carbonyl (C=O) groups is 2. The van der Waals surface area contributed by atoms with Crippen molar-refractivity contribution in [1.82, 2.24) is 4.90 Å². The van der Waals surface area contributed by atoms with Crippen LogP contribution in [0.5, 0.6) is 0 Å². The lowest BCUT2D eigenvalue weighted by atomic mass is 10.1. The van der Waals surface area contributed by atoms with Gasteiger partial charge >= 0.3 is 5.97 Å². The Morgan fingerprint density at radius 2 is 2.28 bits per heavy atom. The van der Waals surface area contributed by atoms with E-state index in [-0.39, 0.29) is 0 Å². The van der Waals surface area contributed by atoms with Gasteiger partial charge in [-0.1, -0.05) is 11.6 Å². The standard InChI is InChI=1S/C12H9ClN2O3/c1-6(12(17)18)15-10(5-14)9-4-7(13)2-3-8(9)11(15)16/h2-4,6,10H,1H3,(H,17,18). The molecule has 1 aliphatic rings. The molecule has 6 heteroatoms. The number of nitrogens with zero attached hydrogens (tertiary/aromatic N) is 2. The molecule has 1 amide bonds. The van der Waals surface area contributed by atoms with Crippen LogP contribution in [0.2, 0.25) is 5.02 Å². The van der Waals surface area contributed by atoms with Crippen LogP contribution in [0.25, 0.3) is 0 Å². The number of nitriles is 1. The van der Waals surface area contributed by atoms with E-state index in [9.17, 15) is 9.59 Å². The molecule has 1 heterocycles. The molecule has 1 aliphatic heterocycles. The summed E-state index contributed by atoms with van der Waals surface area (Å²) in [5, 5.41) is 18.5. The van der Waals surface area contributed by atoms with E-state index in [1.165, 1.54) is 19.1 Å². The fraction of sp³-hybridized carbons (Fsp3) is 0.250. The molecule has 2 rings (SSSR count). The van der Waals surface area contributed by atoms with Gasteiger partial charge in [0.25, 0.3) is 5.91 Å². The van der Waals surface area contributed by atoms with Crippen LogP contribution in [0.15, 0.2) is 18.2 Å². The van der Waals surface area contributed by atoms with E-state index in [0.29, 0.717) is 16.1 Å². The van der Waals surface area contributed by atoms with Crippen LogP contribution >= 0.6 is 11.6 Å². The third kappa shape index (κ3) is 1.71. The van der Waals surface area contributed by atoms with Crippen molar-refractivity contribution in [3.8, 4) is 6.07 Å². The number of fused-ring (bicyclic) bond motifs is 1. The number of amides is 1. The number of benzene rings is 1. The third-order valence-electron chi connectivity index (χ3n) is 2.95. The maximum atomic E-state index is 12.1. The highest BCUT2D eigenvalue weighted by atomic mass is 35.5. The average Bonchev–Trinajstić information content (AvgIpc) is 2.60. The third-order valence-corrected chi connectivity index (χ3v) is 3.18. The fourth-order valence-corrected chi connectivity index (χ4v) is 2.19. The van der Waals surface area contributed by atoms with E-state index in [0.717, 1.165) is 4.90 Å². The molecule has 0 radical (unpaired) electrons. The van der Waals surface area contributed by atoms with Crippen molar-refractivity contribution in [2.45, 2.75) is 19.0 Å². The molecule has 92 valence electrons. The topological polar surface area (TPSA) is 81.4 Å². The van der Waals surface area contributed by atoms with Crippen molar-refractivity contribution in [2.24, 2.45) is 0 Å². The smallest absolute Gasteiger partial charge is 0.326 e. The van der Waals surface area contributed by atoms with Gasteiger partial charge in [0.15, 0.2) is 0 Å². The fourth-order valence-electron chi connectivity index (χ4n) is 2.01. The number of aliphatic carboxylic acids is 1. The van der Waals surface area contributed by atoms with E-state index in [4.69, 9.17) is 22.0 Å². The highest BCUT2D eigenvalue weighted by molar-refractivity contribution is 6.30. The molecule has 0 spiro atoms. The summed E-state index contributed by atoms with van der Waals surface area (Å²) in [6.45, 7) is 1.37. The summed E-state index contributed by atoms with van der Waals surface area (Å²) in [4.78, 5) is 24.1. The van der Waals surface area contributed by atoms with Crippen molar-refractivity contribution in [3.63, 3.8) is 0 Å². The quantitative estimate of drug-likeness (QED) is 0.883. The van der Waals surface area contributed by atoms with Crippen LogP contribution in [-0.2, 0) is 4.79 Å². The molecule has 0 fully saturated rings. The largest absolute Gasteiger partial charge is 0.480 e. The Morgan fingerprint density at radius 1 is 1.61 bits per heavy atom. The minimum absolute atomic E-state index is 0.332. The van der Waals surface area contributed by atoms with Crippen molar-refractivity contribution < 1.29 is 14.7 Å². The molecule has 1 N–H and O–H groups in total. The highest BCUT2D eigenvalue weighted by Gasteiger charge is 2.41. The number of hydrogen-bond donors (Lipinski definition) is 1. The Kier molecular flexibility index (Phi) is 2.97. The second kappa shape index (κ2) is 4.31. The second-order valence-corrected chi connectivity index (χ2v) is 4.43. The molecule has 2 atom stereocenters. The molecule has 0 saturated heterocycles. The first-order chi connectivity index (χ1) is 8.47. The van der Waals surface area contributed by atoms with Crippen LogP contribution in [0.4, 0.5) is 0 Å². The number of carboxylic acids is 1. The summed E-state index contributed by atoms with van der Waals surface area (Å²) in [6, 6.07) is 4.56. The molecule has 2 unspecified atom stereocenters. The lowest BCUT2D eigenvalue weighted by molar-refractivity contribution is -0.142. The molecule has 18 heavy (non-hydrogen) atoms. The van der Waals surface area contributed by atoms with Gasteiger partial charge < -0.3 is 10.0 Å². The van der Waals surface area contributed by atoms with E-state index in [1.807, 2.05) is 6.07 Å². The lowest BCUT2D eigenvalue weighted by Gasteiger charge is -2.24.